The molecule has 2 aliphatic rings. The van der Waals surface area contributed by atoms with Crippen LogP contribution in [0.15, 0.2) is 0 Å². The van der Waals surface area contributed by atoms with E-state index in [-0.39, 0.29) is 0 Å². The van der Waals surface area contributed by atoms with Crippen LogP contribution < -0.4 is 4.90 Å². The van der Waals surface area contributed by atoms with E-state index in [2.05, 4.69) is 9.88 Å². The van der Waals surface area contributed by atoms with Crippen LogP contribution in [-0.2, 0) is 0 Å². The van der Waals surface area contributed by atoms with Crippen LogP contribution in [-0.4, -0.2) is 29.1 Å². The van der Waals surface area contributed by atoms with Crippen molar-refractivity contribution in [1.29, 1.82) is 0 Å². The summed E-state index contributed by atoms with van der Waals surface area (Å²) in [6.07, 6.45) is 7.15. The van der Waals surface area contributed by atoms with Gasteiger partial charge in [-0.1, -0.05) is 24.2 Å². The van der Waals surface area contributed by atoms with E-state index in [0.29, 0.717) is 10.8 Å². The summed E-state index contributed by atoms with van der Waals surface area (Å²) in [5.41, 5.74) is 0.840. The number of hydrogen-bond acceptors (Lipinski definition) is 4. The fraction of sp³-hybridized carbons (Fsp3) is 0.692. The largest absolute Gasteiger partial charge is 0.477 e. The van der Waals surface area contributed by atoms with Gasteiger partial charge in [0, 0.05) is 19.0 Å². The maximum atomic E-state index is 11.3. The molecule has 0 amide bonds. The van der Waals surface area contributed by atoms with Gasteiger partial charge in [-0.3, -0.25) is 0 Å². The van der Waals surface area contributed by atoms with Crippen molar-refractivity contribution in [2.24, 2.45) is 0 Å². The molecule has 98 valence electrons. The molecule has 18 heavy (non-hydrogen) atoms. The molecular formula is C13H18N2O2S. The highest BCUT2D eigenvalue weighted by atomic mass is 32.1. The molecule has 0 unspecified atom stereocenters. The van der Waals surface area contributed by atoms with Crippen LogP contribution in [0.25, 0.3) is 0 Å². The average molecular weight is 266 g/mol. The molecular weight excluding hydrogens is 248 g/mol. The number of nitrogens with zero attached hydrogens (tertiary/aromatic N) is 2. The van der Waals surface area contributed by atoms with Gasteiger partial charge in [-0.05, 0) is 25.7 Å². The van der Waals surface area contributed by atoms with Gasteiger partial charge >= 0.3 is 5.97 Å². The molecule has 3 rings (SSSR count). The summed E-state index contributed by atoms with van der Waals surface area (Å²) in [5.74, 6) is -0.399. The maximum absolute atomic E-state index is 11.3. The fourth-order valence-corrected chi connectivity index (χ4v) is 3.55. The summed E-state index contributed by atoms with van der Waals surface area (Å²) in [6.45, 7) is 2.05. The standard InChI is InChI=1S/C13H18N2O2S/c16-12(17)11-10(9-5-6-9)14-13(18-11)15-7-3-1-2-4-8-15/h9H,1-8H2,(H,16,17). The van der Waals surface area contributed by atoms with Gasteiger partial charge in [0.15, 0.2) is 5.13 Å². The van der Waals surface area contributed by atoms with Crippen LogP contribution in [0.5, 0.6) is 0 Å². The molecule has 0 atom stereocenters. The van der Waals surface area contributed by atoms with Crippen LogP contribution in [0.1, 0.15) is 59.8 Å². The monoisotopic (exact) mass is 266 g/mol. The Morgan fingerprint density at radius 1 is 1.22 bits per heavy atom. The van der Waals surface area contributed by atoms with E-state index < -0.39 is 5.97 Å². The van der Waals surface area contributed by atoms with E-state index in [1.54, 1.807) is 0 Å². The fourth-order valence-electron chi connectivity index (χ4n) is 2.50. The third kappa shape index (κ3) is 2.36. The van der Waals surface area contributed by atoms with E-state index in [9.17, 15) is 9.90 Å². The van der Waals surface area contributed by atoms with Crippen molar-refractivity contribution < 1.29 is 9.90 Å². The van der Waals surface area contributed by atoms with E-state index in [4.69, 9.17) is 0 Å². The Kier molecular flexibility index (Phi) is 3.24. The smallest absolute Gasteiger partial charge is 0.347 e. The second kappa shape index (κ2) is 4.88. The maximum Gasteiger partial charge on any atom is 0.347 e. The first-order valence-electron chi connectivity index (χ1n) is 6.74. The topological polar surface area (TPSA) is 53.4 Å². The number of anilines is 1. The lowest BCUT2D eigenvalue weighted by Crippen LogP contribution is -2.23. The Hall–Kier alpha value is -1.10. The molecule has 1 aliphatic carbocycles. The first kappa shape index (κ1) is 12.0. The van der Waals surface area contributed by atoms with Crippen molar-refractivity contribution in [3.05, 3.63) is 10.6 Å². The SMILES string of the molecule is O=C(O)c1sc(N2CCCCCC2)nc1C1CC1. The number of carboxylic acids is 1. The first-order valence-corrected chi connectivity index (χ1v) is 7.56. The lowest BCUT2D eigenvalue weighted by molar-refractivity contribution is 0.0700. The average Bonchev–Trinajstić information content (AvgIpc) is 3.14. The Bertz CT molecular complexity index is 446. The zero-order valence-corrected chi connectivity index (χ0v) is 11.2. The summed E-state index contributed by atoms with van der Waals surface area (Å²) in [7, 11) is 0. The minimum atomic E-state index is -0.810. The second-order valence-electron chi connectivity index (χ2n) is 5.19. The number of thiazole rings is 1. The first-order chi connectivity index (χ1) is 8.75. The lowest BCUT2D eigenvalue weighted by Gasteiger charge is -2.18. The van der Waals surface area contributed by atoms with Crippen molar-refractivity contribution >= 4 is 22.4 Å². The molecule has 1 saturated heterocycles. The van der Waals surface area contributed by atoms with Gasteiger partial charge in [-0.2, -0.15) is 0 Å². The molecule has 0 radical (unpaired) electrons. The van der Waals surface area contributed by atoms with Crippen LogP contribution >= 0.6 is 11.3 Å². The highest BCUT2D eigenvalue weighted by Gasteiger charge is 2.33. The molecule has 1 saturated carbocycles. The quantitative estimate of drug-likeness (QED) is 0.913. The molecule has 1 aromatic rings. The lowest BCUT2D eigenvalue weighted by atomic mass is 10.2. The highest BCUT2D eigenvalue weighted by Crippen LogP contribution is 2.44. The van der Waals surface area contributed by atoms with E-state index in [0.717, 1.165) is 36.8 Å². The predicted molar refractivity (Wildman–Crippen MR) is 71.7 cm³/mol. The number of hydrogen-bond donors (Lipinski definition) is 1. The van der Waals surface area contributed by atoms with Gasteiger partial charge in [0.05, 0.1) is 5.69 Å². The van der Waals surface area contributed by atoms with Crippen LogP contribution in [0, 0.1) is 0 Å². The molecule has 4 nitrogen and oxygen atoms in total. The number of carboxylic acid groups (broad SMARTS) is 1. The summed E-state index contributed by atoms with van der Waals surface area (Å²) in [5, 5.41) is 10.2. The second-order valence-corrected chi connectivity index (χ2v) is 6.17. The highest BCUT2D eigenvalue weighted by molar-refractivity contribution is 7.17. The number of rotatable bonds is 3. The molecule has 1 aliphatic heterocycles. The van der Waals surface area contributed by atoms with Crippen molar-refractivity contribution in [3.8, 4) is 0 Å². The number of aromatic nitrogens is 1. The van der Waals surface area contributed by atoms with E-state index in [1.165, 1.54) is 37.0 Å². The Balaban J connectivity index is 1.86. The molecule has 5 heteroatoms. The molecule has 2 heterocycles. The Morgan fingerprint density at radius 2 is 1.89 bits per heavy atom. The van der Waals surface area contributed by atoms with Gasteiger partial charge in [-0.15, -0.1) is 0 Å². The molecule has 1 N–H and O–H groups in total. The van der Waals surface area contributed by atoms with Crippen molar-refractivity contribution in [2.45, 2.75) is 44.4 Å². The van der Waals surface area contributed by atoms with Gasteiger partial charge in [0.25, 0.3) is 0 Å². The molecule has 1 aromatic heterocycles. The predicted octanol–water partition coefficient (Wildman–Crippen LogP) is 3.10. The zero-order chi connectivity index (χ0) is 12.5. The van der Waals surface area contributed by atoms with Crippen molar-refractivity contribution in [1.82, 2.24) is 4.98 Å². The number of aromatic carboxylic acids is 1. The van der Waals surface area contributed by atoms with Crippen LogP contribution in [0.4, 0.5) is 5.13 Å². The van der Waals surface area contributed by atoms with E-state index >= 15 is 0 Å². The van der Waals surface area contributed by atoms with Gasteiger partial charge in [0.2, 0.25) is 0 Å². The molecule has 0 spiro atoms. The third-order valence-corrected chi connectivity index (χ3v) is 4.80. The van der Waals surface area contributed by atoms with Gasteiger partial charge in [0.1, 0.15) is 4.88 Å². The molecule has 2 fully saturated rings. The molecule has 0 aromatic carbocycles. The van der Waals surface area contributed by atoms with Crippen molar-refractivity contribution in [2.75, 3.05) is 18.0 Å². The summed E-state index contributed by atoms with van der Waals surface area (Å²) < 4.78 is 0. The Labute approximate surface area is 111 Å². The van der Waals surface area contributed by atoms with Crippen LogP contribution in [0.3, 0.4) is 0 Å². The molecule has 0 bridgehead atoms. The minimum Gasteiger partial charge on any atom is -0.477 e. The normalized spacial score (nSPS) is 20.8. The summed E-state index contributed by atoms with van der Waals surface area (Å²) in [4.78, 5) is 18.6. The van der Waals surface area contributed by atoms with Crippen LogP contribution in [0.2, 0.25) is 0 Å². The number of carbonyl (C=O) groups is 1. The van der Waals surface area contributed by atoms with Crippen molar-refractivity contribution in [3.63, 3.8) is 0 Å². The van der Waals surface area contributed by atoms with Gasteiger partial charge in [-0.25, -0.2) is 9.78 Å². The summed E-state index contributed by atoms with van der Waals surface area (Å²) in [6, 6.07) is 0. The Morgan fingerprint density at radius 3 is 2.44 bits per heavy atom. The minimum absolute atomic E-state index is 0.410. The summed E-state index contributed by atoms with van der Waals surface area (Å²) >= 11 is 1.37. The third-order valence-electron chi connectivity index (χ3n) is 3.68. The zero-order valence-electron chi connectivity index (χ0n) is 10.4. The van der Waals surface area contributed by atoms with E-state index in [1.807, 2.05) is 0 Å². The van der Waals surface area contributed by atoms with Gasteiger partial charge < -0.3 is 10.0 Å².